The van der Waals surface area contributed by atoms with Crippen molar-refractivity contribution < 1.29 is 24.5 Å². The van der Waals surface area contributed by atoms with E-state index in [9.17, 15) is 9.59 Å². The third-order valence-corrected chi connectivity index (χ3v) is 3.01. The summed E-state index contributed by atoms with van der Waals surface area (Å²) in [5.74, 6) is -1.06. The van der Waals surface area contributed by atoms with Gasteiger partial charge in [-0.05, 0) is 5.41 Å². The standard InChI is InChI=1S/C12H22N2O5/c1-12(2,3)9(10(16)17)13-11(18)14-4-5-19-8(6-14)7-15/h8-9,15H,4-7H2,1-3H3,(H,13,18)(H,16,17). The van der Waals surface area contributed by atoms with Crippen LogP contribution in [0.3, 0.4) is 0 Å². The fourth-order valence-corrected chi connectivity index (χ4v) is 1.88. The van der Waals surface area contributed by atoms with E-state index in [2.05, 4.69) is 5.32 Å². The van der Waals surface area contributed by atoms with Gasteiger partial charge in [-0.1, -0.05) is 20.8 Å². The Hall–Kier alpha value is -1.34. The fraction of sp³-hybridized carbons (Fsp3) is 0.833. The minimum Gasteiger partial charge on any atom is -0.480 e. The molecule has 110 valence electrons. The Morgan fingerprint density at radius 3 is 2.58 bits per heavy atom. The van der Waals surface area contributed by atoms with Gasteiger partial charge in [-0.15, -0.1) is 0 Å². The fourth-order valence-electron chi connectivity index (χ4n) is 1.88. The topological polar surface area (TPSA) is 99.1 Å². The molecule has 2 atom stereocenters. The summed E-state index contributed by atoms with van der Waals surface area (Å²) in [6.07, 6.45) is -0.405. The van der Waals surface area contributed by atoms with Crippen LogP contribution >= 0.6 is 0 Å². The van der Waals surface area contributed by atoms with E-state index in [1.165, 1.54) is 4.90 Å². The minimum atomic E-state index is -1.06. The van der Waals surface area contributed by atoms with Crippen molar-refractivity contribution in [3.63, 3.8) is 0 Å². The molecule has 2 amide bonds. The molecule has 2 unspecified atom stereocenters. The molecule has 0 radical (unpaired) electrons. The minimum absolute atomic E-state index is 0.161. The number of carbonyl (C=O) groups is 2. The Labute approximate surface area is 112 Å². The molecule has 0 saturated carbocycles. The summed E-state index contributed by atoms with van der Waals surface area (Å²) >= 11 is 0. The zero-order chi connectivity index (χ0) is 14.6. The lowest BCUT2D eigenvalue weighted by Gasteiger charge is -2.35. The van der Waals surface area contributed by atoms with Crippen molar-refractivity contribution in [3.8, 4) is 0 Å². The summed E-state index contributed by atoms with van der Waals surface area (Å²) in [6, 6.07) is -1.40. The van der Waals surface area contributed by atoms with Crippen molar-refractivity contribution in [2.45, 2.75) is 32.9 Å². The largest absolute Gasteiger partial charge is 0.480 e. The van der Waals surface area contributed by atoms with Gasteiger partial charge in [0, 0.05) is 6.54 Å². The number of morpholine rings is 1. The van der Waals surface area contributed by atoms with Crippen LogP contribution in [0.25, 0.3) is 0 Å². The molecule has 1 heterocycles. The molecule has 7 nitrogen and oxygen atoms in total. The molecule has 7 heteroatoms. The Balaban J connectivity index is 2.64. The smallest absolute Gasteiger partial charge is 0.326 e. The van der Waals surface area contributed by atoms with Gasteiger partial charge in [0.1, 0.15) is 6.04 Å². The quantitative estimate of drug-likeness (QED) is 0.667. The summed E-state index contributed by atoms with van der Waals surface area (Å²) in [5, 5.41) is 20.7. The number of urea groups is 1. The number of nitrogens with zero attached hydrogens (tertiary/aromatic N) is 1. The van der Waals surface area contributed by atoms with Gasteiger partial charge in [0.2, 0.25) is 0 Å². The van der Waals surface area contributed by atoms with Crippen molar-refractivity contribution in [2.24, 2.45) is 5.41 Å². The van der Waals surface area contributed by atoms with E-state index in [0.717, 1.165) is 0 Å². The normalized spacial score (nSPS) is 21.9. The lowest BCUT2D eigenvalue weighted by Crippen LogP contribution is -2.56. The first-order chi connectivity index (χ1) is 8.75. The number of carboxylic acids is 1. The number of aliphatic hydroxyl groups is 1. The van der Waals surface area contributed by atoms with E-state index in [-0.39, 0.29) is 13.2 Å². The first kappa shape index (κ1) is 15.7. The van der Waals surface area contributed by atoms with Gasteiger partial charge in [-0.25, -0.2) is 9.59 Å². The van der Waals surface area contributed by atoms with E-state index in [1.807, 2.05) is 0 Å². The van der Waals surface area contributed by atoms with Gasteiger partial charge < -0.3 is 25.2 Å². The molecule has 1 rings (SSSR count). The molecule has 0 bridgehead atoms. The van der Waals surface area contributed by atoms with Crippen LogP contribution in [0.2, 0.25) is 0 Å². The molecule has 19 heavy (non-hydrogen) atoms. The zero-order valence-corrected chi connectivity index (χ0v) is 11.5. The molecule has 3 N–H and O–H groups in total. The highest BCUT2D eigenvalue weighted by Crippen LogP contribution is 2.20. The van der Waals surface area contributed by atoms with E-state index >= 15 is 0 Å². The SMILES string of the molecule is CC(C)(C)C(NC(=O)N1CCOC(CO)C1)C(=O)O. The van der Waals surface area contributed by atoms with Crippen molar-refractivity contribution in [1.82, 2.24) is 10.2 Å². The number of rotatable bonds is 3. The maximum absolute atomic E-state index is 12.0. The van der Waals surface area contributed by atoms with Crippen LogP contribution in [0.15, 0.2) is 0 Å². The van der Waals surface area contributed by atoms with Crippen LogP contribution in [0, 0.1) is 5.41 Å². The second kappa shape index (κ2) is 6.21. The van der Waals surface area contributed by atoms with Crippen molar-refractivity contribution in [1.29, 1.82) is 0 Å². The average Bonchev–Trinajstić information content (AvgIpc) is 2.33. The molecule has 0 aromatic rings. The zero-order valence-electron chi connectivity index (χ0n) is 11.5. The van der Waals surface area contributed by atoms with E-state index in [0.29, 0.717) is 13.2 Å². The second-order valence-electron chi connectivity index (χ2n) is 5.71. The van der Waals surface area contributed by atoms with E-state index < -0.39 is 29.6 Å². The van der Waals surface area contributed by atoms with Gasteiger partial charge in [-0.3, -0.25) is 0 Å². The van der Waals surface area contributed by atoms with Gasteiger partial charge in [-0.2, -0.15) is 0 Å². The Kier molecular flexibility index (Phi) is 5.13. The first-order valence-electron chi connectivity index (χ1n) is 6.26. The number of aliphatic hydroxyl groups excluding tert-OH is 1. The first-order valence-corrected chi connectivity index (χ1v) is 6.26. The number of carboxylic acid groups (broad SMARTS) is 1. The number of aliphatic carboxylic acids is 1. The lowest BCUT2D eigenvalue weighted by molar-refractivity contribution is -0.142. The molecule has 1 aliphatic rings. The van der Waals surface area contributed by atoms with Gasteiger partial charge in [0.15, 0.2) is 0 Å². The Morgan fingerprint density at radius 1 is 1.47 bits per heavy atom. The number of carbonyl (C=O) groups excluding carboxylic acids is 1. The molecule has 0 aliphatic carbocycles. The average molecular weight is 274 g/mol. The molecule has 0 aromatic carbocycles. The van der Waals surface area contributed by atoms with Crippen LogP contribution in [0.1, 0.15) is 20.8 Å². The van der Waals surface area contributed by atoms with Crippen LogP contribution in [0.5, 0.6) is 0 Å². The van der Waals surface area contributed by atoms with Gasteiger partial charge in [0.25, 0.3) is 0 Å². The summed E-state index contributed by atoms with van der Waals surface area (Å²) in [6.45, 7) is 6.08. The highest BCUT2D eigenvalue weighted by atomic mass is 16.5. The number of ether oxygens (including phenoxy) is 1. The number of hydrogen-bond acceptors (Lipinski definition) is 4. The molecule has 1 aliphatic heterocycles. The van der Waals surface area contributed by atoms with Gasteiger partial charge >= 0.3 is 12.0 Å². The van der Waals surface area contributed by atoms with Gasteiger partial charge in [0.05, 0.1) is 25.9 Å². The van der Waals surface area contributed by atoms with Crippen molar-refractivity contribution >= 4 is 12.0 Å². The third kappa shape index (κ3) is 4.36. The third-order valence-electron chi connectivity index (χ3n) is 3.01. The van der Waals surface area contributed by atoms with Crippen LogP contribution < -0.4 is 5.32 Å². The number of nitrogens with one attached hydrogen (secondary N) is 1. The molecular formula is C12H22N2O5. The maximum atomic E-state index is 12.0. The monoisotopic (exact) mass is 274 g/mol. The van der Waals surface area contributed by atoms with E-state index in [1.54, 1.807) is 20.8 Å². The summed E-state index contributed by atoms with van der Waals surface area (Å²) < 4.78 is 5.24. The molecule has 0 aromatic heterocycles. The van der Waals surface area contributed by atoms with Crippen molar-refractivity contribution in [2.75, 3.05) is 26.3 Å². The maximum Gasteiger partial charge on any atom is 0.326 e. The second-order valence-corrected chi connectivity index (χ2v) is 5.71. The predicted molar refractivity (Wildman–Crippen MR) is 67.8 cm³/mol. The summed E-state index contributed by atoms with van der Waals surface area (Å²) in [4.78, 5) is 24.7. The summed E-state index contributed by atoms with van der Waals surface area (Å²) in [5.41, 5.74) is -0.579. The molecule has 1 fully saturated rings. The van der Waals surface area contributed by atoms with Crippen LogP contribution in [-0.2, 0) is 9.53 Å². The highest BCUT2D eigenvalue weighted by molar-refractivity contribution is 5.83. The lowest BCUT2D eigenvalue weighted by atomic mass is 9.87. The Morgan fingerprint density at radius 2 is 2.11 bits per heavy atom. The Bertz CT molecular complexity index is 340. The predicted octanol–water partition coefficient (Wildman–Crippen LogP) is -0.112. The highest BCUT2D eigenvalue weighted by Gasteiger charge is 2.34. The molecule has 0 spiro atoms. The summed E-state index contributed by atoms with van der Waals surface area (Å²) in [7, 11) is 0. The number of amides is 2. The van der Waals surface area contributed by atoms with Crippen LogP contribution in [-0.4, -0.2) is 65.6 Å². The van der Waals surface area contributed by atoms with Crippen LogP contribution in [0.4, 0.5) is 4.79 Å². The number of hydrogen-bond donors (Lipinski definition) is 3. The molecular weight excluding hydrogens is 252 g/mol. The molecule has 1 saturated heterocycles. The van der Waals surface area contributed by atoms with Crippen molar-refractivity contribution in [3.05, 3.63) is 0 Å². The van der Waals surface area contributed by atoms with E-state index in [4.69, 9.17) is 14.9 Å².